The molecule has 0 saturated carbocycles. The van der Waals surface area contributed by atoms with E-state index in [-0.39, 0.29) is 11.1 Å². The van der Waals surface area contributed by atoms with Crippen molar-refractivity contribution in [2.75, 3.05) is 6.61 Å². The highest BCUT2D eigenvalue weighted by molar-refractivity contribution is 6.74. The molecule has 0 amide bonds. The third kappa shape index (κ3) is 7.75. The molecule has 2 N–H and O–H groups in total. The first-order valence-corrected chi connectivity index (χ1v) is 11.7. The number of hydrogen-bond acceptors (Lipinski definition) is 3. The molecule has 2 atom stereocenters. The Morgan fingerprint density at radius 3 is 2.33 bits per heavy atom. The van der Waals surface area contributed by atoms with Gasteiger partial charge in [-0.15, -0.1) is 0 Å². The predicted octanol–water partition coefficient (Wildman–Crippen LogP) is 4.31. The highest BCUT2D eigenvalue weighted by Crippen LogP contribution is 2.36. The van der Waals surface area contributed by atoms with Gasteiger partial charge in [0, 0.05) is 0 Å². The Balaban J connectivity index is 2.28. The number of hydrogen-bond donors (Lipinski definition) is 2. The van der Waals surface area contributed by atoms with Crippen molar-refractivity contribution >= 4 is 8.32 Å². The van der Waals surface area contributed by atoms with Crippen LogP contribution in [-0.4, -0.2) is 37.3 Å². The highest BCUT2D eigenvalue weighted by atomic mass is 28.4. The van der Waals surface area contributed by atoms with Crippen molar-refractivity contribution in [3.05, 3.63) is 48.0 Å². The van der Waals surface area contributed by atoms with Crippen molar-refractivity contribution in [3.8, 4) is 0 Å². The van der Waals surface area contributed by atoms with Crippen LogP contribution >= 0.6 is 0 Å². The number of aliphatic hydroxyl groups excluding tert-OH is 2. The predicted molar refractivity (Wildman–Crippen MR) is 104 cm³/mol. The van der Waals surface area contributed by atoms with Gasteiger partial charge in [-0.05, 0) is 43.0 Å². The summed E-state index contributed by atoms with van der Waals surface area (Å²) in [5, 5.41) is 20.2. The van der Waals surface area contributed by atoms with Gasteiger partial charge in [0.25, 0.3) is 0 Å². The average molecular weight is 351 g/mol. The van der Waals surface area contributed by atoms with Gasteiger partial charge in [0.15, 0.2) is 8.32 Å². The summed E-state index contributed by atoms with van der Waals surface area (Å²) in [6.45, 7) is 11.2. The molecule has 0 heterocycles. The lowest BCUT2D eigenvalue weighted by Gasteiger charge is -2.36. The Hall–Kier alpha value is -0.943. The molecule has 1 aromatic carbocycles. The molecule has 0 aliphatic carbocycles. The van der Waals surface area contributed by atoms with Crippen LogP contribution in [0.15, 0.2) is 42.5 Å². The second-order valence-corrected chi connectivity index (χ2v) is 12.8. The smallest absolute Gasteiger partial charge is 0.192 e. The summed E-state index contributed by atoms with van der Waals surface area (Å²) in [7, 11) is -1.82. The highest BCUT2D eigenvalue weighted by Gasteiger charge is 2.37. The lowest BCUT2D eigenvalue weighted by atomic mass is 10.0. The molecule has 0 radical (unpaired) electrons. The third-order valence-electron chi connectivity index (χ3n) is 4.80. The van der Waals surface area contributed by atoms with Crippen LogP contribution in [0.4, 0.5) is 0 Å². The molecule has 0 bridgehead atoms. The summed E-state index contributed by atoms with van der Waals surface area (Å²) in [6.07, 6.45) is 4.76. The normalized spacial score (nSPS) is 15.6. The fourth-order valence-electron chi connectivity index (χ4n) is 2.05. The Morgan fingerprint density at radius 2 is 1.75 bits per heavy atom. The van der Waals surface area contributed by atoms with Crippen LogP contribution in [0.1, 0.15) is 39.2 Å². The zero-order valence-corrected chi connectivity index (χ0v) is 16.8. The molecule has 4 heteroatoms. The van der Waals surface area contributed by atoms with Gasteiger partial charge in [0.1, 0.15) is 0 Å². The van der Waals surface area contributed by atoms with Gasteiger partial charge in [-0.1, -0.05) is 63.3 Å². The average Bonchev–Trinajstić information content (AvgIpc) is 2.51. The van der Waals surface area contributed by atoms with Gasteiger partial charge in [-0.3, -0.25) is 0 Å². The van der Waals surface area contributed by atoms with Crippen molar-refractivity contribution in [1.29, 1.82) is 0 Å². The molecule has 0 unspecified atom stereocenters. The lowest BCUT2D eigenvalue weighted by Crippen LogP contribution is -2.42. The van der Waals surface area contributed by atoms with Gasteiger partial charge < -0.3 is 14.6 Å². The van der Waals surface area contributed by atoms with Gasteiger partial charge in [0.2, 0.25) is 0 Å². The first-order valence-electron chi connectivity index (χ1n) is 8.82. The van der Waals surface area contributed by atoms with Crippen LogP contribution in [0.3, 0.4) is 0 Å². The number of aliphatic hydroxyl groups is 2. The van der Waals surface area contributed by atoms with E-state index in [2.05, 4.69) is 46.0 Å². The molecular weight excluding hydrogens is 316 g/mol. The monoisotopic (exact) mass is 350 g/mol. The maximum absolute atomic E-state index is 10.0. The maximum Gasteiger partial charge on any atom is 0.192 e. The minimum atomic E-state index is -1.82. The number of aryl methyl sites for hydroxylation is 1. The first kappa shape index (κ1) is 21.1. The van der Waals surface area contributed by atoms with Crippen molar-refractivity contribution in [1.82, 2.24) is 0 Å². The molecule has 0 spiro atoms. The summed E-state index contributed by atoms with van der Waals surface area (Å²) in [6, 6.07) is 10.2. The summed E-state index contributed by atoms with van der Waals surface area (Å²) in [4.78, 5) is 0. The van der Waals surface area contributed by atoms with Gasteiger partial charge >= 0.3 is 0 Å². The Morgan fingerprint density at radius 1 is 1.12 bits per heavy atom. The van der Waals surface area contributed by atoms with Crippen molar-refractivity contribution < 1.29 is 14.6 Å². The summed E-state index contributed by atoms with van der Waals surface area (Å²) < 4.78 is 5.99. The van der Waals surface area contributed by atoms with Gasteiger partial charge in [-0.2, -0.15) is 0 Å². The van der Waals surface area contributed by atoms with E-state index in [1.807, 2.05) is 24.3 Å². The van der Waals surface area contributed by atoms with Crippen LogP contribution in [-0.2, 0) is 10.8 Å². The molecule has 0 saturated heterocycles. The van der Waals surface area contributed by atoms with Crippen LogP contribution < -0.4 is 0 Å². The fourth-order valence-corrected chi connectivity index (χ4v) is 3.07. The summed E-state index contributed by atoms with van der Waals surface area (Å²) in [5.74, 6) is 0. The summed E-state index contributed by atoms with van der Waals surface area (Å²) in [5.41, 5.74) is 1.24. The van der Waals surface area contributed by atoms with E-state index in [9.17, 15) is 10.2 Å². The minimum absolute atomic E-state index is 0.143. The fraction of sp³-hybridized carbons (Fsp3) is 0.600. The number of rotatable bonds is 9. The molecule has 1 rings (SSSR count). The second kappa shape index (κ2) is 9.52. The van der Waals surface area contributed by atoms with Crippen molar-refractivity contribution in [3.63, 3.8) is 0 Å². The Kier molecular flexibility index (Phi) is 8.37. The molecule has 1 aromatic rings. The molecule has 0 aliphatic rings. The van der Waals surface area contributed by atoms with Crippen LogP contribution in [0, 0.1) is 0 Å². The van der Waals surface area contributed by atoms with E-state index in [1.54, 1.807) is 6.08 Å². The SMILES string of the molecule is CC(C)(C)[Si](C)(C)OC[C@@H](O)/C=C/C[C@@H](O)CCc1ccccc1. The quantitative estimate of drug-likeness (QED) is 0.515. The van der Waals surface area contributed by atoms with E-state index >= 15 is 0 Å². The zero-order chi connectivity index (χ0) is 18.2. The van der Waals surface area contributed by atoms with Crippen molar-refractivity contribution in [2.24, 2.45) is 0 Å². The van der Waals surface area contributed by atoms with E-state index in [0.717, 1.165) is 12.8 Å². The maximum atomic E-state index is 10.0. The Labute approximate surface area is 148 Å². The first-order chi connectivity index (χ1) is 11.1. The van der Waals surface area contributed by atoms with Gasteiger partial charge in [-0.25, -0.2) is 0 Å². The third-order valence-corrected chi connectivity index (χ3v) is 9.30. The van der Waals surface area contributed by atoms with Crippen LogP contribution in [0.25, 0.3) is 0 Å². The Bertz CT molecular complexity index is 491. The van der Waals surface area contributed by atoms with E-state index < -0.39 is 14.4 Å². The molecule has 0 aromatic heterocycles. The van der Waals surface area contributed by atoms with E-state index in [4.69, 9.17) is 4.43 Å². The molecule has 3 nitrogen and oxygen atoms in total. The second-order valence-electron chi connectivity index (χ2n) is 7.98. The number of benzene rings is 1. The van der Waals surface area contributed by atoms with Crippen LogP contribution in [0.5, 0.6) is 0 Å². The zero-order valence-electron chi connectivity index (χ0n) is 15.8. The lowest BCUT2D eigenvalue weighted by molar-refractivity contribution is 0.134. The topological polar surface area (TPSA) is 49.7 Å². The van der Waals surface area contributed by atoms with E-state index in [0.29, 0.717) is 13.0 Å². The van der Waals surface area contributed by atoms with Crippen LogP contribution in [0.2, 0.25) is 18.1 Å². The largest absolute Gasteiger partial charge is 0.414 e. The molecule has 136 valence electrons. The minimum Gasteiger partial charge on any atom is -0.414 e. The standard InChI is InChI=1S/C20H34O3Si/c1-20(2,3)24(4,5)23-16-19(22)13-9-12-18(21)15-14-17-10-7-6-8-11-17/h6-11,13,18-19,21-22H,12,14-16H2,1-5H3/b13-9+/t18-,19+/m1/s1. The van der Waals surface area contributed by atoms with Crippen molar-refractivity contribution in [2.45, 2.75) is 70.4 Å². The summed E-state index contributed by atoms with van der Waals surface area (Å²) >= 11 is 0. The molecule has 0 aliphatic heterocycles. The van der Waals surface area contributed by atoms with Gasteiger partial charge in [0.05, 0.1) is 18.8 Å². The molecule has 24 heavy (non-hydrogen) atoms. The van der Waals surface area contributed by atoms with E-state index in [1.165, 1.54) is 5.56 Å². The molecule has 0 fully saturated rings. The molecular formula is C20H34O3Si.